The molecular formula is C7H6N2O3S. The summed E-state index contributed by atoms with van der Waals surface area (Å²) >= 11 is -2.09. The Morgan fingerprint density at radius 1 is 1.54 bits per heavy atom. The van der Waals surface area contributed by atoms with Crippen LogP contribution in [-0.4, -0.2) is 13.7 Å². The van der Waals surface area contributed by atoms with E-state index in [1.54, 1.807) is 18.2 Å². The second-order valence-electron chi connectivity index (χ2n) is 2.36. The number of rotatable bonds is 2. The van der Waals surface area contributed by atoms with E-state index in [1.807, 2.05) is 0 Å². The fourth-order valence-electron chi connectivity index (χ4n) is 1.06. The first-order chi connectivity index (χ1) is 6.27. The minimum Gasteiger partial charge on any atom is -0.441 e. The van der Waals surface area contributed by atoms with Gasteiger partial charge >= 0.3 is 0 Å². The smallest absolute Gasteiger partial charge is 0.259 e. The zero-order chi connectivity index (χ0) is 9.26. The third kappa shape index (κ3) is 1.53. The fourth-order valence-corrected chi connectivity index (χ4v) is 1.41. The third-order valence-corrected chi connectivity index (χ3v) is 1.95. The van der Waals surface area contributed by atoms with Crippen LogP contribution in [0.25, 0.3) is 11.1 Å². The van der Waals surface area contributed by atoms with Gasteiger partial charge in [-0.2, -0.15) is 0 Å². The van der Waals surface area contributed by atoms with Crippen molar-refractivity contribution < 1.29 is 13.2 Å². The Morgan fingerprint density at radius 3 is 3.15 bits per heavy atom. The third-order valence-electron chi connectivity index (χ3n) is 1.55. The molecule has 68 valence electrons. The largest absolute Gasteiger partial charge is 0.441 e. The van der Waals surface area contributed by atoms with Crippen molar-refractivity contribution >= 4 is 28.1 Å². The summed E-state index contributed by atoms with van der Waals surface area (Å²) in [5.74, 6) is 0. The molecule has 0 aliphatic rings. The van der Waals surface area contributed by atoms with Crippen molar-refractivity contribution in [3.05, 3.63) is 24.6 Å². The average molecular weight is 198 g/mol. The topological polar surface area (TPSA) is 75.4 Å². The maximum atomic E-state index is 10.5. The van der Waals surface area contributed by atoms with Crippen molar-refractivity contribution in [2.24, 2.45) is 0 Å². The highest BCUT2D eigenvalue weighted by Gasteiger charge is 2.05. The van der Waals surface area contributed by atoms with Crippen LogP contribution < -0.4 is 4.72 Å². The monoisotopic (exact) mass is 198 g/mol. The van der Waals surface area contributed by atoms with E-state index in [9.17, 15) is 4.21 Å². The van der Waals surface area contributed by atoms with E-state index in [0.717, 1.165) is 0 Å². The maximum Gasteiger partial charge on any atom is 0.259 e. The zero-order valence-electron chi connectivity index (χ0n) is 6.43. The molecule has 13 heavy (non-hydrogen) atoms. The van der Waals surface area contributed by atoms with E-state index in [1.165, 1.54) is 6.39 Å². The van der Waals surface area contributed by atoms with E-state index >= 15 is 0 Å². The highest BCUT2D eigenvalue weighted by molar-refractivity contribution is 7.80. The quantitative estimate of drug-likeness (QED) is 0.715. The standard InChI is InChI=1S/C7H6N2O3S/c10-13(11)9-6-3-1-2-5-7(6)12-4-8-5/h1-4,9H,(H,10,11). The summed E-state index contributed by atoms with van der Waals surface area (Å²) in [6.45, 7) is 0. The molecule has 0 saturated heterocycles. The Labute approximate surface area is 76.2 Å². The van der Waals surface area contributed by atoms with Crippen LogP contribution in [0.15, 0.2) is 29.0 Å². The van der Waals surface area contributed by atoms with Gasteiger partial charge in [0.25, 0.3) is 11.3 Å². The lowest BCUT2D eigenvalue weighted by Gasteiger charge is -1.99. The molecule has 0 amide bonds. The predicted octanol–water partition coefficient (Wildman–Crippen LogP) is 1.38. The van der Waals surface area contributed by atoms with E-state index < -0.39 is 11.3 Å². The lowest BCUT2D eigenvalue weighted by Crippen LogP contribution is -2.01. The molecule has 0 saturated carbocycles. The SMILES string of the molecule is O=S(O)Nc1cccc2ncoc12. The molecule has 0 radical (unpaired) electrons. The highest BCUT2D eigenvalue weighted by Crippen LogP contribution is 2.21. The number of para-hydroxylation sites is 1. The second kappa shape index (κ2) is 3.15. The summed E-state index contributed by atoms with van der Waals surface area (Å²) in [7, 11) is 0. The summed E-state index contributed by atoms with van der Waals surface area (Å²) in [5, 5.41) is 0. The van der Waals surface area contributed by atoms with Crippen LogP contribution in [0.2, 0.25) is 0 Å². The molecule has 1 atom stereocenters. The lowest BCUT2D eigenvalue weighted by molar-refractivity contribution is 0.569. The number of hydrogen-bond donors (Lipinski definition) is 2. The first kappa shape index (κ1) is 8.21. The van der Waals surface area contributed by atoms with Crippen molar-refractivity contribution in [2.45, 2.75) is 0 Å². The number of nitrogens with zero attached hydrogens (tertiary/aromatic N) is 1. The zero-order valence-corrected chi connectivity index (χ0v) is 7.25. The molecule has 1 unspecified atom stereocenters. The Morgan fingerprint density at radius 2 is 2.38 bits per heavy atom. The number of hydrogen-bond acceptors (Lipinski definition) is 3. The van der Waals surface area contributed by atoms with Gasteiger partial charge in [-0.25, -0.2) is 9.19 Å². The number of anilines is 1. The van der Waals surface area contributed by atoms with E-state index in [-0.39, 0.29) is 0 Å². The number of nitrogens with one attached hydrogen (secondary N) is 1. The van der Waals surface area contributed by atoms with Crippen LogP contribution in [0.4, 0.5) is 5.69 Å². The highest BCUT2D eigenvalue weighted by atomic mass is 32.2. The van der Waals surface area contributed by atoms with Gasteiger partial charge in [0.1, 0.15) is 5.52 Å². The van der Waals surface area contributed by atoms with Crippen LogP contribution in [0.5, 0.6) is 0 Å². The average Bonchev–Trinajstić information content (AvgIpc) is 2.51. The molecule has 2 N–H and O–H groups in total. The Balaban J connectivity index is 2.54. The Bertz CT molecular complexity index is 454. The van der Waals surface area contributed by atoms with Crippen LogP contribution in [0.1, 0.15) is 0 Å². The fraction of sp³-hybridized carbons (Fsp3) is 0. The molecular weight excluding hydrogens is 192 g/mol. The van der Waals surface area contributed by atoms with E-state index in [0.29, 0.717) is 16.8 Å². The number of fused-ring (bicyclic) bond motifs is 1. The van der Waals surface area contributed by atoms with Gasteiger partial charge in [-0.3, -0.25) is 9.27 Å². The van der Waals surface area contributed by atoms with Gasteiger partial charge in [-0.15, -0.1) is 0 Å². The minimum absolute atomic E-state index is 0.454. The normalized spacial score (nSPS) is 13.0. The molecule has 6 heteroatoms. The maximum absolute atomic E-state index is 10.5. The van der Waals surface area contributed by atoms with Gasteiger partial charge in [0, 0.05) is 0 Å². The van der Waals surface area contributed by atoms with E-state index in [4.69, 9.17) is 8.97 Å². The van der Waals surface area contributed by atoms with Crippen LogP contribution in [0, 0.1) is 0 Å². The summed E-state index contributed by atoms with van der Waals surface area (Å²) in [6.07, 6.45) is 1.29. The van der Waals surface area contributed by atoms with Crippen LogP contribution >= 0.6 is 0 Å². The van der Waals surface area contributed by atoms with Gasteiger partial charge in [0.05, 0.1) is 5.69 Å². The molecule has 1 aromatic heterocycles. The van der Waals surface area contributed by atoms with Crippen molar-refractivity contribution in [3.8, 4) is 0 Å². The van der Waals surface area contributed by atoms with Gasteiger partial charge in [0.2, 0.25) is 0 Å². The lowest BCUT2D eigenvalue weighted by atomic mass is 10.3. The first-order valence-corrected chi connectivity index (χ1v) is 4.58. The molecule has 1 aromatic carbocycles. The summed E-state index contributed by atoms with van der Waals surface area (Å²) < 4.78 is 26.4. The van der Waals surface area contributed by atoms with Gasteiger partial charge in [-0.05, 0) is 12.1 Å². The minimum atomic E-state index is -2.09. The summed E-state index contributed by atoms with van der Waals surface area (Å²) in [5.41, 5.74) is 1.58. The molecule has 0 aliphatic heterocycles. The van der Waals surface area contributed by atoms with Crippen LogP contribution in [0.3, 0.4) is 0 Å². The van der Waals surface area contributed by atoms with Crippen molar-refractivity contribution in [1.82, 2.24) is 4.98 Å². The van der Waals surface area contributed by atoms with Gasteiger partial charge < -0.3 is 4.42 Å². The molecule has 0 fully saturated rings. The van der Waals surface area contributed by atoms with Gasteiger partial charge in [-0.1, -0.05) is 6.07 Å². The van der Waals surface area contributed by atoms with Crippen LogP contribution in [-0.2, 0) is 11.3 Å². The molecule has 1 heterocycles. The number of aromatic nitrogens is 1. The van der Waals surface area contributed by atoms with Crippen molar-refractivity contribution in [1.29, 1.82) is 0 Å². The van der Waals surface area contributed by atoms with Crippen molar-refractivity contribution in [3.63, 3.8) is 0 Å². The Hall–Kier alpha value is -1.40. The van der Waals surface area contributed by atoms with Gasteiger partial charge in [0.15, 0.2) is 12.0 Å². The van der Waals surface area contributed by atoms with Crippen molar-refractivity contribution in [2.75, 3.05) is 4.72 Å². The first-order valence-electron chi connectivity index (χ1n) is 3.47. The number of oxazole rings is 1. The predicted molar refractivity (Wildman–Crippen MR) is 48.4 cm³/mol. The number of benzene rings is 1. The molecule has 0 bridgehead atoms. The summed E-state index contributed by atoms with van der Waals surface area (Å²) in [4.78, 5) is 3.90. The Kier molecular flexibility index (Phi) is 1.99. The summed E-state index contributed by atoms with van der Waals surface area (Å²) in [6, 6.07) is 5.12. The molecule has 2 rings (SSSR count). The molecule has 2 aromatic rings. The molecule has 0 aliphatic carbocycles. The molecule has 0 spiro atoms. The second-order valence-corrected chi connectivity index (χ2v) is 3.06. The molecule has 5 nitrogen and oxygen atoms in total. The van der Waals surface area contributed by atoms with E-state index in [2.05, 4.69) is 9.71 Å².